The molecule has 0 spiro atoms. The highest BCUT2D eigenvalue weighted by Crippen LogP contribution is 2.16. The van der Waals surface area contributed by atoms with Gasteiger partial charge in [0.15, 0.2) is 0 Å². The molecule has 31 nitrogen and oxygen atoms in total. The average Bonchev–Trinajstić information content (AvgIpc) is 2.39. The number of nitrogens with one attached hydrogen (secondary N) is 8. The fraction of sp³-hybridized carbons (Fsp3) is 0.519. The Hall–Kier alpha value is -6.95. The summed E-state index contributed by atoms with van der Waals surface area (Å²) in [5, 5.41) is 37.2. The highest BCUT2D eigenvalue weighted by Gasteiger charge is 2.34. The topological polar surface area (TPSA) is 487 Å². The van der Waals surface area contributed by atoms with Gasteiger partial charge in [-0.15, -0.1) is 9.42 Å². The van der Waals surface area contributed by atoms with Crippen LogP contribution in [-0.4, -0.2) is 175 Å². The maximum absolute atomic E-state index is 13.7. The molecule has 8 amide bonds. The molecule has 0 saturated heterocycles. The fourth-order valence-electron chi connectivity index (χ4n) is 7.85. The number of hydrogen-bond donors (Lipinski definition) is 12. The first-order chi connectivity index (χ1) is 42.2. The average molecular weight is 1330 g/mol. The van der Waals surface area contributed by atoms with Gasteiger partial charge in [0.25, 0.3) is 17.7 Å². The summed E-state index contributed by atoms with van der Waals surface area (Å²) < 4.78 is 102. The molecule has 89 heavy (non-hydrogen) atoms. The van der Waals surface area contributed by atoms with E-state index < -0.39 is 85.2 Å². The van der Waals surface area contributed by atoms with Crippen LogP contribution in [0.2, 0.25) is 0 Å². The van der Waals surface area contributed by atoms with Crippen molar-refractivity contribution in [1.29, 1.82) is 0 Å². The largest absolute Gasteiger partial charge is 0.694 e. The molecule has 0 bridgehead atoms. The van der Waals surface area contributed by atoms with Gasteiger partial charge < -0.3 is 56.7 Å². The summed E-state index contributed by atoms with van der Waals surface area (Å²) in [6.45, 7) is 0.0194. The van der Waals surface area contributed by atoms with Gasteiger partial charge in [-0.2, -0.15) is 0 Å². The number of primary sulfonamides is 3. The molecule has 15 N–H and O–H groups in total. The van der Waals surface area contributed by atoms with Gasteiger partial charge in [-0.1, -0.05) is 12.8 Å². The highest BCUT2D eigenvalue weighted by atomic mass is 32.2. The molecule has 35 heteroatoms. The van der Waals surface area contributed by atoms with E-state index in [4.69, 9.17) is 34.5 Å². The Balaban J connectivity index is 1.62. The quantitative estimate of drug-likeness (QED) is 0.0246. The number of carbonyl (C=O) groups is 8. The molecule has 0 radical (unpaired) electrons. The minimum Gasteiger partial charge on any atom is -0.378 e. The van der Waals surface area contributed by atoms with Crippen LogP contribution < -0.4 is 58.0 Å². The molecular weight excluding hydrogens is 1250 g/mol. The van der Waals surface area contributed by atoms with Gasteiger partial charge in [0.05, 0.1) is 54.3 Å². The number of carbonyl (C=O) groups excluding carboxylic acids is 8. The second-order valence-corrected chi connectivity index (χ2v) is 25.4. The monoisotopic (exact) mass is 1330 g/mol. The van der Waals surface area contributed by atoms with Crippen molar-refractivity contribution in [2.75, 3.05) is 92.1 Å². The maximum atomic E-state index is 13.7. The Kier molecular flexibility index (Phi) is 34.8. The lowest BCUT2D eigenvalue weighted by molar-refractivity contribution is -0.131. The molecule has 1 unspecified atom stereocenters. The molecule has 3 rings (SSSR count). The summed E-state index contributed by atoms with van der Waals surface area (Å²) in [6.07, 6.45) is 3.19. The lowest BCUT2D eigenvalue weighted by Gasteiger charge is -2.34. The van der Waals surface area contributed by atoms with E-state index >= 15 is 0 Å². The van der Waals surface area contributed by atoms with Gasteiger partial charge in [0, 0.05) is 99.2 Å². The van der Waals surface area contributed by atoms with Crippen LogP contribution in [0.15, 0.2) is 87.5 Å². The van der Waals surface area contributed by atoms with Gasteiger partial charge in [0.1, 0.15) is 12.1 Å². The third-order valence-electron chi connectivity index (χ3n) is 12.6. The summed E-state index contributed by atoms with van der Waals surface area (Å²) in [5.41, 5.74) is -0.922. The van der Waals surface area contributed by atoms with Crippen LogP contribution in [0.1, 0.15) is 115 Å². The van der Waals surface area contributed by atoms with Gasteiger partial charge in [-0.05, 0) is 111 Å². The Morgan fingerprint density at radius 1 is 0.382 bits per heavy atom. The zero-order chi connectivity index (χ0) is 65.7. The summed E-state index contributed by atoms with van der Waals surface area (Å²) in [5.74, 6) is -3.52. The standard InChI is InChI=1S/C54H80N11O20PS3/c55-87(76,77)43-17-11-40(12-18-43)51(71)62-30-6-27-59-47(67)23-34-82-37-54(65-50(70)10-5-9-46(66)58-26-3-1-2-4-33-85-86(74)75,38-83-35-24-48(68)60-28-7-31-63-52(72)41-13-19-44(20-14-41)88(56,78)79)39-84-36-25-49(69)61-29-8-32-64-53(73)42-15-21-45(22-16-42)89(57,80)81/h11-22H,1-10,23-39H2,(H14-,55,56,57,58,59,60,61,62,63,64,65,66,67,68,69,70,71,72,73,74,75,76,77,78,79,80,81)/p+1. The molecule has 0 aliphatic rings. The van der Waals surface area contributed by atoms with Crippen LogP contribution in [0.3, 0.4) is 0 Å². The van der Waals surface area contributed by atoms with Crippen LogP contribution in [0.25, 0.3) is 0 Å². The number of benzene rings is 3. The fourth-order valence-corrected chi connectivity index (χ4v) is 9.68. The molecule has 494 valence electrons. The van der Waals surface area contributed by atoms with Crippen LogP contribution >= 0.6 is 8.25 Å². The van der Waals surface area contributed by atoms with Crippen molar-refractivity contribution in [2.24, 2.45) is 15.4 Å². The molecule has 0 heterocycles. The number of hydrogen-bond acceptors (Lipinski definition) is 19. The lowest BCUT2D eigenvalue weighted by Crippen LogP contribution is -2.58. The summed E-state index contributed by atoms with van der Waals surface area (Å²) >= 11 is 0. The molecule has 0 fully saturated rings. The molecule has 0 aliphatic carbocycles. The molecule has 0 aliphatic heterocycles. The molecule has 1 atom stereocenters. The summed E-state index contributed by atoms with van der Waals surface area (Å²) in [6, 6.07) is 15.1. The minimum absolute atomic E-state index is 0.00239. The van der Waals surface area contributed by atoms with Crippen LogP contribution in [0, 0.1) is 0 Å². The molecular formula is C54H81N11O20PS3+. The molecule has 0 aromatic heterocycles. The second kappa shape index (κ2) is 40.6. The maximum Gasteiger partial charge on any atom is 0.694 e. The molecule has 3 aromatic rings. The van der Waals surface area contributed by atoms with E-state index in [0.717, 1.165) is 12.8 Å². The first kappa shape index (κ1) is 76.3. The Labute approximate surface area is 518 Å². The SMILES string of the molecule is NS(=O)(=O)c1ccc(C(=O)NCCCNC(=O)CCOCC(COCCC(=O)NCCCNC(=O)c2ccc(S(N)(=O)=O)cc2)(COCCC(=O)NCCCNC(=O)c2ccc(S(N)(=O)=O)cc2)NC(=O)CCCC(=O)NCCCCCCO[P+](=O)O)cc1. The van der Waals surface area contributed by atoms with Gasteiger partial charge in [0.2, 0.25) is 59.6 Å². The number of ether oxygens (including phenoxy) is 3. The third-order valence-corrected chi connectivity index (χ3v) is 15.8. The van der Waals surface area contributed by atoms with Crippen molar-refractivity contribution >= 4 is 85.6 Å². The Morgan fingerprint density at radius 3 is 1.00 bits per heavy atom. The van der Waals surface area contributed by atoms with Crippen LogP contribution in [-0.2, 0) is 77.3 Å². The lowest BCUT2D eigenvalue weighted by atomic mass is 10.0. The zero-order valence-electron chi connectivity index (χ0n) is 49.1. The van der Waals surface area contributed by atoms with Crippen molar-refractivity contribution < 1.29 is 91.8 Å². The third kappa shape index (κ3) is 33.4. The molecule has 3 aromatic carbocycles. The van der Waals surface area contributed by atoms with Crippen LogP contribution in [0.5, 0.6) is 0 Å². The Bertz CT molecular complexity index is 2860. The first-order valence-corrected chi connectivity index (χ1v) is 34.1. The van der Waals surface area contributed by atoms with Crippen LogP contribution in [0.4, 0.5) is 0 Å². The van der Waals surface area contributed by atoms with Crippen molar-refractivity contribution in [3.8, 4) is 0 Å². The van der Waals surface area contributed by atoms with Crippen molar-refractivity contribution in [3.05, 3.63) is 89.5 Å². The van der Waals surface area contributed by atoms with E-state index in [1.54, 1.807) is 0 Å². The summed E-state index contributed by atoms with van der Waals surface area (Å²) in [4.78, 5) is 111. The van der Waals surface area contributed by atoms with Crippen molar-refractivity contribution in [2.45, 2.75) is 104 Å². The van der Waals surface area contributed by atoms with E-state index in [9.17, 15) is 68.2 Å². The predicted octanol–water partition coefficient (Wildman–Crippen LogP) is -0.674. The van der Waals surface area contributed by atoms with Gasteiger partial charge >= 0.3 is 8.25 Å². The van der Waals surface area contributed by atoms with Gasteiger partial charge in [-0.3, -0.25) is 38.4 Å². The van der Waals surface area contributed by atoms with E-state index in [2.05, 4.69) is 47.1 Å². The van der Waals surface area contributed by atoms with E-state index in [0.29, 0.717) is 38.6 Å². The number of sulfonamides is 3. The second-order valence-electron chi connectivity index (χ2n) is 20.0. The van der Waals surface area contributed by atoms with Crippen molar-refractivity contribution in [1.82, 2.24) is 42.5 Å². The van der Waals surface area contributed by atoms with Gasteiger partial charge in [-0.25, -0.2) is 40.7 Å². The van der Waals surface area contributed by atoms with E-state index in [-0.39, 0.29) is 161 Å². The number of unbranched alkanes of at least 4 members (excludes halogenated alkanes) is 3. The number of amides is 8. The van der Waals surface area contributed by atoms with E-state index in [1.807, 2.05) is 0 Å². The first-order valence-electron chi connectivity index (χ1n) is 28.3. The number of rotatable bonds is 46. The van der Waals surface area contributed by atoms with Crippen molar-refractivity contribution in [3.63, 3.8) is 0 Å². The molecule has 0 saturated carbocycles. The number of nitrogens with two attached hydrogens (primary N) is 3. The highest BCUT2D eigenvalue weighted by molar-refractivity contribution is 7.89. The predicted molar refractivity (Wildman–Crippen MR) is 322 cm³/mol. The minimum atomic E-state index is -3.94. The Morgan fingerprint density at radius 2 is 0.674 bits per heavy atom. The zero-order valence-corrected chi connectivity index (χ0v) is 52.5. The van der Waals surface area contributed by atoms with E-state index in [1.165, 1.54) is 72.8 Å². The summed E-state index contributed by atoms with van der Waals surface area (Å²) in [7, 11) is -14.5. The normalized spacial score (nSPS) is 11.8. The smallest absolute Gasteiger partial charge is 0.378 e.